The van der Waals surface area contributed by atoms with Crippen LogP contribution in [0.3, 0.4) is 0 Å². The highest BCUT2D eigenvalue weighted by Gasteiger charge is 2.14. The summed E-state index contributed by atoms with van der Waals surface area (Å²) in [6, 6.07) is 0. The molecule has 0 aliphatic carbocycles. The highest BCUT2D eigenvalue weighted by atomic mass is 15.2. The van der Waals surface area contributed by atoms with E-state index >= 15 is 0 Å². The zero-order valence-electron chi connectivity index (χ0n) is 12.3. The maximum atomic E-state index is 4.40. The Hall–Kier alpha value is -0.790. The SMILES string of the molecule is C/C=N\C1=C(C)CCCN1CC.CC.CC. The lowest BCUT2D eigenvalue weighted by Crippen LogP contribution is -2.27. The third kappa shape index (κ3) is 5.94. The Morgan fingerprint density at radius 1 is 1.25 bits per heavy atom. The third-order valence-corrected chi connectivity index (χ3v) is 2.29. The van der Waals surface area contributed by atoms with Gasteiger partial charge in [0, 0.05) is 19.3 Å². The van der Waals surface area contributed by atoms with Gasteiger partial charge in [0.25, 0.3) is 0 Å². The van der Waals surface area contributed by atoms with Crippen LogP contribution < -0.4 is 0 Å². The number of hydrogen-bond donors (Lipinski definition) is 0. The summed E-state index contributed by atoms with van der Waals surface area (Å²) in [6.07, 6.45) is 4.37. The Morgan fingerprint density at radius 3 is 2.25 bits per heavy atom. The molecule has 0 unspecified atom stereocenters. The molecule has 96 valence electrons. The molecule has 1 aliphatic rings. The lowest BCUT2D eigenvalue weighted by molar-refractivity contribution is 0.329. The summed E-state index contributed by atoms with van der Waals surface area (Å²) < 4.78 is 0. The Morgan fingerprint density at radius 2 is 1.81 bits per heavy atom. The fourth-order valence-corrected chi connectivity index (χ4v) is 1.64. The Bertz CT molecular complexity index is 205. The van der Waals surface area contributed by atoms with Crippen molar-refractivity contribution >= 4 is 6.21 Å². The van der Waals surface area contributed by atoms with Crippen LogP contribution in [0.5, 0.6) is 0 Å². The van der Waals surface area contributed by atoms with Crippen molar-refractivity contribution in [3.63, 3.8) is 0 Å². The van der Waals surface area contributed by atoms with Gasteiger partial charge in [-0.3, -0.25) is 0 Å². The van der Waals surface area contributed by atoms with E-state index in [1.165, 1.54) is 30.8 Å². The highest BCUT2D eigenvalue weighted by Crippen LogP contribution is 2.21. The summed E-state index contributed by atoms with van der Waals surface area (Å²) in [6.45, 7) is 16.6. The quantitative estimate of drug-likeness (QED) is 0.634. The van der Waals surface area contributed by atoms with Crippen molar-refractivity contribution in [3.8, 4) is 0 Å². The van der Waals surface area contributed by atoms with Gasteiger partial charge in [0.15, 0.2) is 0 Å². The molecular weight excluding hydrogens is 196 g/mol. The van der Waals surface area contributed by atoms with E-state index in [0.717, 1.165) is 6.54 Å². The molecular formula is C14H30N2. The second kappa shape index (κ2) is 12.3. The van der Waals surface area contributed by atoms with Crippen molar-refractivity contribution < 1.29 is 0 Å². The standard InChI is InChI=1S/C10H18N2.2C2H6/c1-4-11-10-9(3)7-6-8-12(10)5-2;2*1-2/h4H,5-8H2,1-3H3;2*1-2H3/b11-4-;;. The summed E-state index contributed by atoms with van der Waals surface area (Å²) in [5.74, 6) is 1.20. The fraction of sp³-hybridized carbons (Fsp3) is 0.786. The Kier molecular flexibility index (Phi) is 13.5. The first-order chi connectivity index (χ1) is 7.79. The molecule has 0 bridgehead atoms. The normalized spacial score (nSPS) is 15.3. The van der Waals surface area contributed by atoms with Crippen molar-refractivity contribution in [2.24, 2.45) is 4.99 Å². The molecule has 1 rings (SSSR count). The van der Waals surface area contributed by atoms with Crippen molar-refractivity contribution in [1.29, 1.82) is 0 Å². The average Bonchev–Trinajstić information content (AvgIpc) is 2.37. The molecule has 0 aromatic carbocycles. The van der Waals surface area contributed by atoms with Crippen LogP contribution in [0.4, 0.5) is 0 Å². The van der Waals surface area contributed by atoms with Crippen LogP contribution in [0.2, 0.25) is 0 Å². The predicted octanol–water partition coefficient (Wildman–Crippen LogP) is 4.48. The highest BCUT2D eigenvalue weighted by molar-refractivity contribution is 5.55. The topological polar surface area (TPSA) is 15.6 Å². The van der Waals surface area contributed by atoms with E-state index < -0.39 is 0 Å². The zero-order valence-corrected chi connectivity index (χ0v) is 12.3. The Balaban J connectivity index is 0. The third-order valence-electron chi connectivity index (χ3n) is 2.29. The monoisotopic (exact) mass is 226 g/mol. The number of nitrogens with zero attached hydrogens (tertiary/aromatic N) is 2. The zero-order chi connectivity index (χ0) is 13.0. The van der Waals surface area contributed by atoms with Gasteiger partial charge in [0.05, 0.1) is 0 Å². The average molecular weight is 226 g/mol. The molecule has 0 atom stereocenters. The molecule has 0 saturated heterocycles. The van der Waals surface area contributed by atoms with Gasteiger partial charge in [0.2, 0.25) is 0 Å². The number of allylic oxidation sites excluding steroid dienone is 1. The Labute approximate surface area is 102 Å². The van der Waals surface area contributed by atoms with Gasteiger partial charge in [-0.05, 0) is 39.2 Å². The van der Waals surface area contributed by atoms with E-state index in [1.54, 1.807) is 0 Å². The lowest BCUT2D eigenvalue weighted by atomic mass is 10.1. The van der Waals surface area contributed by atoms with Gasteiger partial charge in [-0.25, -0.2) is 4.99 Å². The summed E-state index contributed by atoms with van der Waals surface area (Å²) in [5, 5.41) is 0. The van der Waals surface area contributed by atoms with E-state index in [9.17, 15) is 0 Å². The van der Waals surface area contributed by atoms with E-state index in [2.05, 4.69) is 23.7 Å². The van der Waals surface area contributed by atoms with Gasteiger partial charge in [-0.2, -0.15) is 0 Å². The molecule has 0 aromatic rings. The van der Waals surface area contributed by atoms with E-state index in [-0.39, 0.29) is 0 Å². The van der Waals surface area contributed by atoms with Gasteiger partial charge >= 0.3 is 0 Å². The molecule has 0 N–H and O–H groups in total. The number of hydrogen-bond acceptors (Lipinski definition) is 2. The van der Waals surface area contributed by atoms with Crippen molar-refractivity contribution in [3.05, 3.63) is 11.4 Å². The molecule has 0 aromatic heterocycles. The van der Waals surface area contributed by atoms with Crippen molar-refractivity contribution in [1.82, 2.24) is 4.90 Å². The molecule has 1 aliphatic heterocycles. The van der Waals surface area contributed by atoms with Gasteiger partial charge < -0.3 is 4.90 Å². The fourth-order valence-electron chi connectivity index (χ4n) is 1.64. The summed E-state index contributed by atoms with van der Waals surface area (Å²) in [7, 11) is 0. The lowest BCUT2D eigenvalue weighted by Gasteiger charge is -2.29. The van der Waals surface area contributed by atoms with Crippen LogP contribution in [-0.4, -0.2) is 24.2 Å². The first-order valence-electron chi connectivity index (χ1n) is 6.73. The summed E-state index contributed by atoms with van der Waals surface area (Å²) in [5.41, 5.74) is 1.43. The minimum Gasteiger partial charge on any atom is -0.357 e. The minimum absolute atomic E-state index is 1.07. The largest absolute Gasteiger partial charge is 0.357 e. The molecule has 0 saturated carbocycles. The summed E-state index contributed by atoms with van der Waals surface area (Å²) in [4.78, 5) is 6.74. The minimum atomic E-state index is 1.07. The molecule has 1 heterocycles. The van der Waals surface area contributed by atoms with Crippen LogP contribution in [0.25, 0.3) is 0 Å². The van der Waals surface area contributed by atoms with Gasteiger partial charge in [0.1, 0.15) is 5.82 Å². The van der Waals surface area contributed by atoms with Crippen LogP contribution in [-0.2, 0) is 0 Å². The molecule has 0 radical (unpaired) electrons. The molecule has 0 amide bonds. The van der Waals surface area contributed by atoms with Crippen LogP contribution in [0, 0.1) is 0 Å². The van der Waals surface area contributed by atoms with E-state index in [4.69, 9.17) is 0 Å². The maximum Gasteiger partial charge on any atom is 0.126 e. The molecule has 0 spiro atoms. The number of aliphatic imine (C=N–C) groups is 1. The maximum absolute atomic E-state index is 4.40. The molecule has 2 nitrogen and oxygen atoms in total. The first kappa shape index (κ1) is 17.6. The second-order valence-electron chi connectivity index (χ2n) is 3.17. The second-order valence-corrected chi connectivity index (χ2v) is 3.17. The molecule has 0 fully saturated rings. The first-order valence-corrected chi connectivity index (χ1v) is 6.73. The number of rotatable bonds is 2. The predicted molar refractivity (Wildman–Crippen MR) is 76.0 cm³/mol. The van der Waals surface area contributed by atoms with Crippen LogP contribution in [0.15, 0.2) is 16.4 Å². The molecule has 2 heteroatoms. The van der Waals surface area contributed by atoms with Crippen LogP contribution >= 0.6 is 0 Å². The summed E-state index contributed by atoms with van der Waals surface area (Å²) >= 11 is 0. The van der Waals surface area contributed by atoms with Crippen LogP contribution in [0.1, 0.15) is 61.3 Å². The smallest absolute Gasteiger partial charge is 0.126 e. The van der Waals surface area contributed by atoms with E-state index in [1.807, 2.05) is 40.8 Å². The van der Waals surface area contributed by atoms with E-state index in [0.29, 0.717) is 0 Å². The van der Waals surface area contributed by atoms with Gasteiger partial charge in [-0.15, -0.1) is 0 Å². The van der Waals surface area contributed by atoms with Crippen molar-refractivity contribution in [2.75, 3.05) is 13.1 Å². The molecule has 16 heavy (non-hydrogen) atoms. The van der Waals surface area contributed by atoms with Crippen molar-refractivity contribution in [2.45, 2.75) is 61.3 Å². The van der Waals surface area contributed by atoms with Gasteiger partial charge in [-0.1, -0.05) is 27.7 Å².